The van der Waals surface area contributed by atoms with Gasteiger partial charge in [0.2, 0.25) is 0 Å². The van der Waals surface area contributed by atoms with Crippen molar-refractivity contribution in [2.45, 2.75) is 45.1 Å². The Morgan fingerprint density at radius 1 is 1.67 bits per heavy atom. The standard InChI is InChI=1S/C9H18N2O/c1-2-3-5-8-6-4-7-11(8)9(10)12/h8H,2-7H2,1H3,(H2,10,12)/t8-/m1/s1. The van der Waals surface area contributed by atoms with Crippen LogP contribution < -0.4 is 5.73 Å². The Balaban J connectivity index is 2.35. The molecule has 2 N–H and O–H groups in total. The summed E-state index contributed by atoms with van der Waals surface area (Å²) < 4.78 is 0. The van der Waals surface area contributed by atoms with Crippen LogP contribution >= 0.6 is 0 Å². The van der Waals surface area contributed by atoms with Gasteiger partial charge in [0.05, 0.1) is 0 Å². The maximum absolute atomic E-state index is 10.9. The number of nitrogens with two attached hydrogens (primary N) is 1. The lowest BCUT2D eigenvalue weighted by molar-refractivity contribution is 0.199. The molecule has 3 heteroatoms. The van der Waals surface area contributed by atoms with E-state index in [9.17, 15) is 4.79 Å². The van der Waals surface area contributed by atoms with Crippen molar-refractivity contribution in [3.05, 3.63) is 0 Å². The van der Waals surface area contributed by atoms with E-state index in [0.717, 1.165) is 25.8 Å². The summed E-state index contributed by atoms with van der Waals surface area (Å²) in [6.07, 6.45) is 5.79. The number of carbonyl (C=O) groups is 1. The number of likely N-dealkylation sites (tertiary alicyclic amines) is 1. The summed E-state index contributed by atoms with van der Waals surface area (Å²) in [5.41, 5.74) is 5.25. The van der Waals surface area contributed by atoms with Gasteiger partial charge < -0.3 is 10.6 Å². The lowest BCUT2D eigenvalue weighted by Crippen LogP contribution is -2.39. The quantitative estimate of drug-likeness (QED) is 0.688. The van der Waals surface area contributed by atoms with Crippen LogP contribution in [0.25, 0.3) is 0 Å². The van der Waals surface area contributed by atoms with E-state index in [-0.39, 0.29) is 6.03 Å². The van der Waals surface area contributed by atoms with Crippen LogP contribution in [0.2, 0.25) is 0 Å². The molecule has 1 saturated heterocycles. The van der Waals surface area contributed by atoms with E-state index in [1.807, 2.05) is 4.90 Å². The Morgan fingerprint density at radius 2 is 2.42 bits per heavy atom. The topological polar surface area (TPSA) is 46.3 Å². The van der Waals surface area contributed by atoms with E-state index < -0.39 is 0 Å². The van der Waals surface area contributed by atoms with Crippen LogP contribution in [0.3, 0.4) is 0 Å². The van der Waals surface area contributed by atoms with E-state index >= 15 is 0 Å². The maximum atomic E-state index is 10.9. The number of amides is 2. The Morgan fingerprint density at radius 3 is 3.00 bits per heavy atom. The molecule has 1 atom stereocenters. The van der Waals surface area contributed by atoms with Crippen molar-refractivity contribution >= 4 is 6.03 Å². The number of hydrogen-bond acceptors (Lipinski definition) is 1. The zero-order chi connectivity index (χ0) is 8.97. The number of nitrogens with zero attached hydrogens (tertiary/aromatic N) is 1. The molecule has 0 bridgehead atoms. The van der Waals surface area contributed by atoms with Crippen molar-refractivity contribution in [2.24, 2.45) is 5.73 Å². The van der Waals surface area contributed by atoms with Crippen LogP contribution in [0.5, 0.6) is 0 Å². The number of unbranched alkanes of at least 4 members (excludes halogenated alkanes) is 1. The van der Waals surface area contributed by atoms with E-state index in [1.165, 1.54) is 12.8 Å². The summed E-state index contributed by atoms with van der Waals surface area (Å²) in [7, 11) is 0. The molecule has 0 radical (unpaired) electrons. The summed E-state index contributed by atoms with van der Waals surface area (Å²) >= 11 is 0. The van der Waals surface area contributed by atoms with Gasteiger partial charge in [-0.1, -0.05) is 19.8 Å². The van der Waals surface area contributed by atoms with Crippen LogP contribution in [0, 0.1) is 0 Å². The highest BCUT2D eigenvalue weighted by molar-refractivity contribution is 5.72. The normalized spacial score (nSPS) is 23.1. The van der Waals surface area contributed by atoms with Crippen molar-refractivity contribution in [1.29, 1.82) is 0 Å². The van der Waals surface area contributed by atoms with Gasteiger partial charge in [-0.2, -0.15) is 0 Å². The minimum Gasteiger partial charge on any atom is -0.351 e. The van der Waals surface area contributed by atoms with Gasteiger partial charge in [-0.25, -0.2) is 4.79 Å². The van der Waals surface area contributed by atoms with Gasteiger partial charge in [0.15, 0.2) is 0 Å². The van der Waals surface area contributed by atoms with Gasteiger partial charge in [0.25, 0.3) is 0 Å². The second-order valence-corrected chi connectivity index (χ2v) is 3.47. The van der Waals surface area contributed by atoms with Crippen molar-refractivity contribution in [3.63, 3.8) is 0 Å². The molecular weight excluding hydrogens is 152 g/mol. The lowest BCUT2D eigenvalue weighted by Gasteiger charge is -2.22. The van der Waals surface area contributed by atoms with Crippen molar-refractivity contribution in [2.75, 3.05) is 6.54 Å². The van der Waals surface area contributed by atoms with Crippen molar-refractivity contribution < 1.29 is 4.79 Å². The fourth-order valence-electron chi connectivity index (χ4n) is 1.87. The lowest BCUT2D eigenvalue weighted by atomic mass is 10.1. The fraction of sp³-hybridized carbons (Fsp3) is 0.889. The highest BCUT2D eigenvalue weighted by atomic mass is 16.2. The van der Waals surface area contributed by atoms with Crippen LogP contribution in [0.1, 0.15) is 39.0 Å². The number of urea groups is 1. The molecule has 12 heavy (non-hydrogen) atoms. The molecule has 0 aromatic heterocycles. The smallest absolute Gasteiger partial charge is 0.315 e. The van der Waals surface area contributed by atoms with E-state index in [2.05, 4.69) is 6.92 Å². The van der Waals surface area contributed by atoms with Crippen LogP contribution in [-0.2, 0) is 0 Å². The van der Waals surface area contributed by atoms with Crippen molar-refractivity contribution in [1.82, 2.24) is 4.90 Å². The van der Waals surface area contributed by atoms with Crippen LogP contribution in [0.15, 0.2) is 0 Å². The van der Waals surface area contributed by atoms with Gasteiger partial charge in [0, 0.05) is 12.6 Å². The Labute approximate surface area is 73.9 Å². The Kier molecular flexibility index (Phi) is 3.38. The number of primary amides is 1. The molecule has 70 valence electrons. The first-order chi connectivity index (χ1) is 5.75. The minimum absolute atomic E-state index is 0.242. The molecule has 0 spiro atoms. The second-order valence-electron chi connectivity index (χ2n) is 3.47. The molecule has 0 aliphatic carbocycles. The van der Waals surface area contributed by atoms with E-state index in [0.29, 0.717) is 6.04 Å². The molecule has 1 aliphatic heterocycles. The van der Waals surface area contributed by atoms with E-state index in [4.69, 9.17) is 5.73 Å². The zero-order valence-electron chi connectivity index (χ0n) is 7.75. The Hall–Kier alpha value is -0.730. The molecule has 1 fully saturated rings. The van der Waals surface area contributed by atoms with Crippen molar-refractivity contribution in [3.8, 4) is 0 Å². The summed E-state index contributed by atoms with van der Waals surface area (Å²) in [6, 6.07) is 0.191. The van der Waals surface area contributed by atoms with Gasteiger partial charge >= 0.3 is 6.03 Å². The molecule has 1 aliphatic rings. The fourth-order valence-corrected chi connectivity index (χ4v) is 1.87. The third kappa shape index (κ3) is 2.13. The third-order valence-corrected chi connectivity index (χ3v) is 2.55. The average Bonchev–Trinajstić information content (AvgIpc) is 2.48. The first-order valence-corrected chi connectivity index (χ1v) is 4.81. The monoisotopic (exact) mass is 170 g/mol. The SMILES string of the molecule is CCCC[C@@H]1CCCN1C(N)=O. The zero-order valence-corrected chi connectivity index (χ0v) is 7.75. The first-order valence-electron chi connectivity index (χ1n) is 4.81. The molecule has 0 unspecified atom stereocenters. The van der Waals surface area contributed by atoms with Crippen LogP contribution in [-0.4, -0.2) is 23.5 Å². The largest absolute Gasteiger partial charge is 0.351 e. The van der Waals surface area contributed by atoms with E-state index in [1.54, 1.807) is 0 Å². The van der Waals surface area contributed by atoms with Gasteiger partial charge in [0.1, 0.15) is 0 Å². The highest BCUT2D eigenvalue weighted by Gasteiger charge is 2.25. The molecule has 1 rings (SSSR count). The van der Waals surface area contributed by atoms with Gasteiger partial charge in [-0.3, -0.25) is 0 Å². The number of hydrogen-bond donors (Lipinski definition) is 1. The Bertz CT molecular complexity index is 159. The second kappa shape index (κ2) is 4.33. The summed E-state index contributed by atoms with van der Waals surface area (Å²) in [4.78, 5) is 12.7. The average molecular weight is 170 g/mol. The minimum atomic E-state index is -0.242. The maximum Gasteiger partial charge on any atom is 0.315 e. The number of carbonyl (C=O) groups excluding carboxylic acids is 1. The first kappa shape index (κ1) is 9.36. The third-order valence-electron chi connectivity index (χ3n) is 2.55. The van der Waals surface area contributed by atoms with Gasteiger partial charge in [-0.15, -0.1) is 0 Å². The predicted molar refractivity (Wildman–Crippen MR) is 48.8 cm³/mol. The highest BCUT2D eigenvalue weighted by Crippen LogP contribution is 2.21. The molecule has 1 heterocycles. The predicted octanol–water partition coefficient (Wildman–Crippen LogP) is 1.72. The summed E-state index contributed by atoms with van der Waals surface area (Å²) in [6.45, 7) is 3.03. The number of rotatable bonds is 3. The molecule has 0 aromatic rings. The van der Waals surface area contributed by atoms with Gasteiger partial charge in [-0.05, 0) is 19.3 Å². The molecule has 0 saturated carbocycles. The van der Waals surface area contributed by atoms with Crippen LogP contribution in [0.4, 0.5) is 4.79 Å². The molecule has 3 nitrogen and oxygen atoms in total. The molecule has 0 aromatic carbocycles. The summed E-state index contributed by atoms with van der Waals surface area (Å²) in [5, 5.41) is 0. The molecule has 2 amide bonds. The molecular formula is C9H18N2O. The summed E-state index contributed by atoms with van der Waals surface area (Å²) in [5.74, 6) is 0.